The second kappa shape index (κ2) is 11.3. The van der Waals surface area contributed by atoms with Crippen molar-refractivity contribution in [3.8, 4) is 23.0 Å². The number of carbonyl (C=O) groups is 4. The van der Waals surface area contributed by atoms with E-state index in [2.05, 4.69) is 0 Å². The molecule has 2 aliphatic rings. The largest absolute Gasteiger partial charge is 0.507 e. The molecule has 0 radical (unpaired) electrons. The molecule has 6 N–H and O–H groups in total. The van der Waals surface area contributed by atoms with Gasteiger partial charge in [-0.25, -0.2) is 0 Å². The van der Waals surface area contributed by atoms with Gasteiger partial charge < -0.3 is 26.2 Å². The van der Waals surface area contributed by atoms with E-state index in [1.54, 1.807) is 0 Å². The van der Waals surface area contributed by atoms with Crippen molar-refractivity contribution < 1.29 is 54.4 Å². The van der Waals surface area contributed by atoms with E-state index in [4.69, 9.17) is 28.9 Å². The highest BCUT2D eigenvalue weighted by atomic mass is 35.5. The summed E-state index contributed by atoms with van der Waals surface area (Å²) in [4.78, 5) is 81.1. The Morgan fingerprint density at radius 3 is 1.25 bits per heavy atom. The summed E-state index contributed by atoms with van der Waals surface area (Å²) >= 11 is 11.4. The van der Waals surface area contributed by atoms with Gasteiger partial charge in [0.15, 0.2) is 0 Å². The van der Waals surface area contributed by atoms with Gasteiger partial charge >= 0.3 is 0 Å². The van der Waals surface area contributed by atoms with Crippen molar-refractivity contribution in [1.82, 2.24) is 0 Å². The topological polar surface area (TPSA) is 305 Å². The van der Waals surface area contributed by atoms with Crippen molar-refractivity contribution in [1.29, 1.82) is 0 Å². The second-order valence-electron chi connectivity index (χ2n) is 9.82. The number of phenols is 4. The Bertz CT molecular complexity index is 2290. The molecular weight excluding hydrogens is 687 g/mol. The molecule has 18 nitrogen and oxygen atoms in total. The Labute approximate surface area is 273 Å². The molecule has 0 atom stereocenters. The van der Waals surface area contributed by atoms with Crippen LogP contribution in [-0.2, 0) is 0 Å². The number of nitro benzene ring substituents is 3. The lowest BCUT2D eigenvalue weighted by Crippen LogP contribution is -2.24. The number of nitrogens with two attached hydrogens (primary N) is 1. The van der Waals surface area contributed by atoms with Gasteiger partial charge in [0.2, 0.25) is 23.1 Å². The number of benzene rings is 4. The molecule has 242 valence electrons. The second-order valence-corrected chi connectivity index (χ2v) is 10.6. The number of nitro groups is 3. The van der Waals surface area contributed by atoms with Crippen molar-refractivity contribution in [2.24, 2.45) is 0 Å². The fourth-order valence-corrected chi connectivity index (χ4v) is 5.61. The molecule has 0 heterocycles. The summed E-state index contributed by atoms with van der Waals surface area (Å²) in [7, 11) is 0. The highest BCUT2D eigenvalue weighted by molar-refractivity contribution is 6.38. The number of hydrogen-bond donors (Lipinski definition) is 5. The van der Waals surface area contributed by atoms with Crippen LogP contribution >= 0.6 is 23.2 Å². The summed E-state index contributed by atoms with van der Waals surface area (Å²) < 4.78 is 0. The van der Waals surface area contributed by atoms with Crippen LogP contribution in [0.4, 0.5) is 22.7 Å². The average Bonchev–Trinajstić information content (AvgIpc) is 3.01. The van der Waals surface area contributed by atoms with Crippen LogP contribution in [0.3, 0.4) is 0 Å². The highest BCUT2D eigenvalue weighted by Crippen LogP contribution is 2.47. The Hall–Kier alpha value is -6.66. The van der Waals surface area contributed by atoms with Gasteiger partial charge in [0.1, 0.15) is 39.7 Å². The van der Waals surface area contributed by atoms with E-state index in [-0.39, 0.29) is 11.3 Å². The summed E-state index contributed by atoms with van der Waals surface area (Å²) in [6.45, 7) is 0. The molecule has 2 aliphatic carbocycles. The summed E-state index contributed by atoms with van der Waals surface area (Å²) in [5, 5.41) is 72.2. The predicted molar refractivity (Wildman–Crippen MR) is 161 cm³/mol. The molecule has 0 amide bonds. The lowest BCUT2D eigenvalue weighted by atomic mass is 9.81. The van der Waals surface area contributed by atoms with E-state index >= 15 is 0 Å². The molecule has 4 aromatic carbocycles. The molecule has 0 aliphatic heterocycles. The number of rotatable bonds is 3. The van der Waals surface area contributed by atoms with E-state index in [1.807, 2.05) is 0 Å². The predicted octanol–water partition coefficient (Wildman–Crippen LogP) is 4.36. The Morgan fingerprint density at radius 2 is 0.833 bits per heavy atom. The van der Waals surface area contributed by atoms with Gasteiger partial charge in [0.05, 0.1) is 52.6 Å². The Morgan fingerprint density at radius 1 is 0.500 bits per heavy atom. The molecule has 0 saturated carbocycles. The fourth-order valence-electron chi connectivity index (χ4n) is 5.22. The zero-order valence-corrected chi connectivity index (χ0v) is 24.5. The molecule has 4 aromatic rings. The molecule has 0 spiro atoms. The first-order valence-corrected chi connectivity index (χ1v) is 13.4. The molecule has 0 fully saturated rings. The molecule has 0 bridgehead atoms. The van der Waals surface area contributed by atoms with Crippen LogP contribution in [0.5, 0.6) is 23.0 Å². The number of halogens is 2. The molecule has 0 aromatic heterocycles. The summed E-state index contributed by atoms with van der Waals surface area (Å²) in [6, 6.07) is 5.40. The number of carbonyl (C=O) groups excluding carboxylic acids is 4. The van der Waals surface area contributed by atoms with Crippen LogP contribution in [0.15, 0.2) is 36.4 Å². The molecule has 48 heavy (non-hydrogen) atoms. The third-order valence-corrected chi connectivity index (χ3v) is 7.82. The van der Waals surface area contributed by atoms with Crippen molar-refractivity contribution >= 4 is 69.1 Å². The summed E-state index contributed by atoms with van der Waals surface area (Å²) in [5.74, 6) is -7.30. The van der Waals surface area contributed by atoms with E-state index in [0.717, 1.165) is 24.3 Å². The third kappa shape index (κ3) is 4.66. The standard InChI is InChI=1S/C14H5ClN2O8.C14H7ClN2O6/c15-4-3-6(17(24)25)9-11(12(4)19)14(21)8-5(16(22)23)1-2-7(18)10(8)13(9)20;15-4-3-6(17(22)23)9-11(12(4)19)13(20)8-5(16)1-2-7(18)10(8)14(9)21/h1-3,18-19H;1-3,18-19H,16H2. The van der Waals surface area contributed by atoms with Gasteiger partial charge in [0, 0.05) is 23.9 Å². The SMILES string of the molecule is Nc1ccc(O)c2c1C(=O)c1c(O)c(Cl)cc([N+](=O)[O-])c1C2=O.O=C1c2c(O)ccc([N+](=O)[O-])c2C(=O)c2c(O)c(Cl)cc([N+](=O)[O-])c21. The van der Waals surface area contributed by atoms with E-state index < -0.39 is 127 Å². The van der Waals surface area contributed by atoms with Crippen molar-refractivity contribution in [2.45, 2.75) is 0 Å². The lowest BCUT2D eigenvalue weighted by molar-refractivity contribution is -0.385. The quantitative estimate of drug-likeness (QED) is 0.0741. The molecule has 0 saturated heterocycles. The van der Waals surface area contributed by atoms with Gasteiger partial charge in [-0.15, -0.1) is 0 Å². The van der Waals surface area contributed by atoms with Crippen molar-refractivity contribution in [3.05, 3.63) is 121 Å². The number of nitrogens with zero attached hydrogens (tertiary/aromatic N) is 3. The Balaban J connectivity index is 0.000000188. The number of phenolic OH excluding ortho intramolecular Hbond substituents is 4. The van der Waals surface area contributed by atoms with Gasteiger partial charge in [-0.05, 0) is 18.2 Å². The fraction of sp³-hybridized carbons (Fsp3) is 0. The maximum absolute atomic E-state index is 12.7. The number of nitrogen functional groups attached to an aromatic ring is 1. The number of anilines is 1. The van der Waals surface area contributed by atoms with Crippen molar-refractivity contribution in [2.75, 3.05) is 5.73 Å². The van der Waals surface area contributed by atoms with Crippen molar-refractivity contribution in [3.63, 3.8) is 0 Å². The van der Waals surface area contributed by atoms with Crippen LogP contribution < -0.4 is 5.73 Å². The maximum atomic E-state index is 12.7. The van der Waals surface area contributed by atoms with E-state index in [0.29, 0.717) is 6.07 Å². The third-order valence-electron chi connectivity index (χ3n) is 7.25. The van der Waals surface area contributed by atoms with Crippen LogP contribution in [0, 0.1) is 30.3 Å². The minimum Gasteiger partial charge on any atom is -0.507 e. The molecule has 20 heteroatoms. The first kappa shape index (κ1) is 32.7. The number of ketones is 4. The van der Waals surface area contributed by atoms with Crippen LogP contribution in [0.2, 0.25) is 10.0 Å². The zero-order valence-electron chi connectivity index (χ0n) is 23.0. The summed E-state index contributed by atoms with van der Waals surface area (Å²) in [5.41, 5.74) is -1.94. The van der Waals surface area contributed by atoms with Gasteiger partial charge in [0.25, 0.3) is 17.1 Å². The van der Waals surface area contributed by atoms with Gasteiger partial charge in [-0.2, -0.15) is 0 Å². The number of aromatic hydroxyl groups is 4. The number of hydrogen-bond acceptors (Lipinski definition) is 15. The smallest absolute Gasteiger partial charge is 0.283 e. The van der Waals surface area contributed by atoms with Crippen LogP contribution in [-0.4, -0.2) is 58.3 Å². The lowest BCUT2D eigenvalue weighted by Gasteiger charge is -2.20. The zero-order chi connectivity index (χ0) is 35.7. The monoisotopic (exact) mass is 698 g/mol. The van der Waals surface area contributed by atoms with Crippen LogP contribution in [0.25, 0.3) is 0 Å². The minimum atomic E-state index is -1.23. The van der Waals surface area contributed by atoms with Gasteiger partial charge in [-0.1, -0.05) is 23.2 Å². The first-order valence-electron chi connectivity index (χ1n) is 12.6. The number of fused-ring (bicyclic) bond motifs is 4. The Kier molecular flexibility index (Phi) is 7.70. The first-order chi connectivity index (χ1) is 22.4. The van der Waals surface area contributed by atoms with E-state index in [1.165, 1.54) is 6.07 Å². The van der Waals surface area contributed by atoms with Gasteiger partial charge in [-0.3, -0.25) is 49.5 Å². The molecular formula is C28H12Cl2N4O14. The summed E-state index contributed by atoms with van der Waals surface area (Å²) in [6.07, 6.45) is 0. The maximum Gasteiger partial charge on any atom is 0.283 e. The van der Waals surface area contributed by atoms with Crippen LogP contribution in [0.1, 0.15) is 63.7 Å². The van der Waals surface area contributed by atoms with E-state index in [9.17, 15) is 69.9 Å². The molecule has 0 unspecified atom stereocenters. The minimum absolute atomic E-state index is 0.108. The average molecular weight is 699 g/mol. The molecule has 6 rings (SSSR count). The normalized spacial score (nSPS) is 12.6. The highest BCUT2D eigenvalue weighted by Gasteiger charge is 2.44.